The first-order valence-electron chi connectivity index (χ1n) is 13.9. The molecule has 2 saturated carbocycles. The lowest BCUT2D eigenvalue weighted by Gasteiger charge is -2.25. The van der Waals surface area contributed by atoms with E-state index in [1.165, 1.54) is 14.2 Å². The van der Waals surface area contributed by atoms with Crippen molar-refractivity contribution >= 4 is 11.9 Å². The molecule has 1 heterocycles. The summed E-state index contributed by atoms with van der Waals surface area (Å²) in [5, 5.41) is 0. The molecule has 6 atom stereocenters. The normalized spacial score (nSPS) is 28.4. The summed E-state index contributed by atoms with van der Waals surface area (Å²) >= 11 is 0. The van der Waals surface area contributed by atoms with E-state index in [0.717, 1.165) is 11.1 Å². The molecule has 0 spiro atoms. The van der Waals surface area contributed by atoms with Crippen LogP contribution in [0.1, 0.15) is 61.8 Å². The van der Waals surface area contributed by atoms with Crippen LogP contribution in [0.15, 0.2) is 66.7 Å². The summed E-state index contributed by atoms with van der Waals surface area (Å²) in [6.07, 6.45) is 0. The summed E-state index contributed by atoms with van der Waals surface area (Å²) in [6, 6.07) is 21.8. The maximum atomic E-state index is 13.9. The Morgan fingerprint density at radius 3 is 1.40 bits per heavy atom. The third-order valence-electron chi connectivity index (χ3n) is 8.97. The molecule has 3 aromatic rings. The Morgan fingerprint density at radius 2 is 1.07 bits per heavy atom. The molecule has 5 unspecified atom stereocenters. The van der Waals surface area contributed by atoms with Gasteiger partial charge in [0.1, 0.15) is 10.8 Å². The molecule has 1 aromatic heterocycles. The van der Waals surface area contributed by atoms with Crippen molar-refractivity contribution in [3.05, 3.63) is 89.0 Å². The summed E-state index contributed by atoms with van der Waals surface area (Å²) < 4.78 is 23.0. The molecule has 40 heavy (non-hydrogen) atoms. The maximum absolute atomic E-state index is 13.9. The standard InChI is InChI=1S/C33H37NO6/c1-7-39-30(35)32(20(3)26(32)22-15-11-9-12-16-22)24-19-25(29(38-6)34-28(24)37-5)33(31(36)40-8-2)21(4)27(33)23-17-13-10-14-18-23/h9-21,26-27H,7-8H2,1-6H3/t20-,21?,26?,27?,32?,33?/m0/s1. The van der Waals surface area contributed by atoms with Gasteiger partial charge in [0.25, 0.3) is 0 Å². The van der Waals surface area contributed by atoms with Gasteiger partial charge in [-0.1, -0.05) is 74.5 Å². The number of benzene rings is 2. The van der Waals surface area contributed by atoms with Crippen LogP contribution in [-0.2, 0) is 29.9 Å². The molecule has 0 radical (unpaired) electrons. The Labute approximate surface area is 235 Å². The number of esters is 2. The monoisotopic (exact) mass is 543 g/mol. The molecule has 0 aliphatic heterocycles. The number of carbonyl (C=O) groups is 2. The van der Waals surface area contributed by atoms with Crippen LogP contribution in [0.25, 0.3) is 0 Å². The average molecular weight is 544 g/mol. The van der Waals surface area contributed by atoms with Gasteiger partial charge in [-0.25, -0.2) is 0 Å². The molecule has 210 valence electrons. The Bertz CT molecular complexity index is 1290. The van der Waals surface area contributed by atoms with Crippen LogP contribution in [0.4, 0.5) is 0 Å². The van der Waals surface area contributed by atoms with Gasteiger partial charge in [0.05, 0.1) is 27.4 Å². The predicted octanol–water partition coefficient (Wildman–Crippen LogP) is 5.57. The third kappa shape index (κ3) is 3.89. The van der Waals surface area contributed by atoms with Gasteiger partial charge in [0, 0.05) is 23.0 Å². The summed E-state index contributed by atoms with van der Waals surface area (Å²) in [4.78, 5) is 32.5. The zero-order valence-electron chi connectivity index (χ0n) is 24.0. The van der Waals surface area contributed by atoms with E-state index in [1.807, 2.05) is 80.6 Å². The highest BCUT2D eigenvalue weighted by Crippen LogP contribution is 2.71. The first-order chi connectivity index (χ1) is 19.3. The molecule has 7 nitrogen and oxygen atoms in total. The van der Waals surface area contributed by atoms with E-state index in [9.17, 15) is 9.59 Å². The quantitative estimate of drug-likeness (QED) is 0.309. The Morgan fingerprint density at radius 1 is 0.700 bits per heavy atom. The fourth-order valence-corrected chi connectivity index (χ4v) is 7.10. The van der Waals surface area contributed by atoms with Crippen molar-refractivity contribution in [1.82, 2.24) is 4.98 Å². The molecule has 2 aliphatic carbocycles. The van der Waals surface area contributed by atoms with Crippen molar-refractivity contribution < 1.29 is 28.5 Å². The summed E-state index contributed by atoms with van der Waals surface area (Å²) in [5.41, 5.74) is 1.19. The van der Waals surface area contributed by atoms with E-state index in [1.54, 1.807) is 13.8 Å². The van der Waals surface area contributed by atoms with Crippen LogP contribution in [0.5, 0.6) is 11.8 Å². The van der Waals surface area contributed by atoms with Gasteiger partial charge < -0.3 is 18.9 Å². The second-order valence-electron chi connectivity index (χ2n) is 10.6. The molecule has 0 saturated heterocycles. The number of methoxy groups -OCH3 is 2. The molecule has 2 fully saturated rings. The maximum Gasteiger partial charge on any atom is 0.317 e. The van der Waals surface area contributed by atoms with Crippen molar-refractivity contribution in [2.75, 3.05) is 27.4 Å². The average Bonchev–Trinajstić information content (AvgIpc) is 3.82. The van der Waals surface area contributed by atoms with Gasteiger partial charge in [-0.3, -0.25) is 9.59 Å². The van der Waals surface area contributed by atoms with Crippen LogP contribution < -0.4 is 9.47 Å². The first-order valence-corrected chi connectivity index (χ1v) is 13.9. The SMILES string of the molecule is CCOC(=O)C1(c2cc(C3(C(=O)OCC)C(c4ccccc4)[C@@H]3C)c(OC)nc2OC)C(C)C1c1ccccc1. The molecule has 0 amide bonds. The lowest BCUT2D eigenvalue weighted by Crippen LogP contribution is -2.31. The Kier molecular flexibility index (Phi) is 7.34. The number of ether oxygens (including phenoxy) is 4. The number of hydrogen-bond donors (Lipinski definition) is 0. The van der Waals surface area contributed by atoms with Crippen LogP contribution >= 0.6 is 0 Å². The fourth-order valence-electron chi connectivity index (χ4n) is 7.10. The highest BCUT2D eigenvalue weighted by molar-refractivity contribution is 5.94. The second kappa shape index (κ2) is 10.6. The van der Waals surface area contributed by atoms with E-state index in [2.05, 4.69) is 0 Å². The Hall–Kier alpha value is -3.87. The number of aromatic nitrogens is 1. The molecule has 5 rings (SSSR count). The van der Waals surface area contributed by atoms with Gasteiger partial charge in [0.15, 0.2) is 0 Å². The minimum atomic E-state index is -1.03. The van der Waals surface area contributed by atoms with Crippen molar-refractivity contribution in [3.8, 4) is 11.8 Å². The molecular formula is C33H37NO6. The topological polar surface area (TPSA) is 84.0 Å². The number of hydrogen-bond acceptors (Lipinski definition) is 7. The molecular weight excluding hydrogens is 506 g/mol. The third-order valence-corrected chi connectivity index (χ3v) is 8.97. The van der Waals surface area contributed by atoms with Crippen LogP contribution in [0.3, 0.4) is 0 Å². The van der Waals surface area contributed by atoms with Crippen molar-refractivity contribution in [1.29, 1.82) is 0 Å². The van der Waals surface area contributed by atoms with Crippen LogP contribution in [0.2, 0.25) is 0 Å². The lowest BCUT2D eigenvalue weighted by molar-refractivity contribution is -0.147. The number of nitrogens with zero attached hydrogens (tertiary/aromatic N) is 1. The number of rotatable bonds is 10. The van der Waals surface area contributed by atoms with E-state index in [0.29, 0.717) is 11.1 Å². The number of pyridine rings is 1. The zero-order chi connectivity index (χ0) is 28.7. The molecule has 2 aliphatic rings. The minimum absolute atomic E-state index is 0.0917. The Balaban J connectivity index is 1.76. The van der Waals surface area contributed by atoms with Gasteiger partial charge >= 0.3 is 11.9 Å². The highest BCUT2D eigenvalue weighted by Gasteiger charge is 2.73. The highest BCUT2D eigenvalue weighted by atomic mass is 16.5. The van der Waals surface area contributed by atoms with E-state index in [4.69, 9.17) is 23.9 Å². The summed E-state index contributed by atoms with van der Waals surface area (Å²) in [5.74, 6) is -0.584. The van der Waals surface area contributed by atoms with Crippen molar-refractivity contribution in [3.63, 3.8) is 0 Å². The molecule has 0 bridgehead atoms. The fraction of sp³-hybridized carbons (Fsp3) is 0.424. The van der Waals surface area contributed by atoms with Crippen LogP contribution in [0, 0.1) is 11.8 Å². The van der Waals surface area contributed by atoms with Gasteiger partial charge in [0.2, 0.25) is 11.8 Å². The molecule has 2 aromatic carbocycles. The van der Waals surface area contributed by atoms with Gasteiger partial charge in [-0.15, -0.1) is 0 Å². The van der Waals surface area contributed by atoms with Gasteiger partial charge in [-0.2, -0.15) is 4.98 Å². The predicted molar refractivity (Wildman–Crippen MR) is 151 cm³/mol. The lowest BCUT2D eigenvalue weighted by atomic mass is 9.84. The summed E-state index contributed by atoms with van der Waals surface area (Å²) in [7, 11) is 3.06. The van der Waals surface area contributed by atoms with E-state index >= 15 is 0 Å². The zero-order valence-corrected chi connectivity index (χ0v) is 24.0. The van der Waals surface area contributed by atoms with Crippen molar-refractivity contribution in [2.45, 2.75) is 50.4 Å². The van der Waals surface area contributed by atoms with Gasteiger partial charge in [-0.05, 0) is 42.9 Å². The largest absolute Gasteiger partial charge is 0.481 e. The minimum Gasteiger partial charge on any atom is -0.481 e. The second-order valence-corrected chi connectivity index (χ2v) is 10.6. The van der Waals surface area contributed by atoms with Crippen molar-refractivity contribution in [2.24, 2.45) is 11.8 Å². The van der Waals surface area contributed by atoms with Crippen LogP contribution in [-0.4, -0.2) is 44.4 Å². The number of carbonyl (C=O) groups excluding carboxylic acids is 2. The smallest absolute Gasteiger partial charge is 0.317 e. The first kappa shape index (κ1) is 27.7. The van der Waals surface area contributed by atoms with E-state index < -0.39 is 10.8 Å². The molecule has 7 heteroatoms. The van der Waals surface area contributed by atoms with E-state index in [-0.39, 0.29) is 60.6 Å². The molecule has 0 N–H and O–H groups in total. The summed E-state index contributed by atoms with van der Waals surface area (Å²) in [6.45, 7) is 8.19.